The Morgan fingerprint density at radius 2 is 1.71 bits per heavy atom. The Morgan fingerprint density at radius 1 is 1.03 bits per heavy atom. The third kappa shape index (κ3) is 6.39. The number of esters is 1. The van der Waals surface area contributed by atoms with Gasteiger partial charge in [-0.2, -0.15) is 0 Å². The van der Waals surface area contributed by atoms with E-state index in [4.69, 9.17) is 4.74 Å². The van der Waals surface area contributed by atoms with E-state index in [1.54, 1.807) is 12.1 Å². The summed E-state index contributed by atoms with van der Waals surface area (Å²) in [5.74, 6) is -0.521. The number of thiazole rings is 1. The quantitative estimate of drug-likeness (QED) is 0.485. The van der Waals surface area contributed by atoms with Crippen LogP contribution in [-0.2, 0) is 22.6 Å². The summed E-state index contributed by atoms with van der Waals surface area (Å²) < 4.78 is 5.38. The minimum absolute atomic E-state index is 0.0761. The number of nitrogens with one attached hydrogen (secondary N) is 1. The van der Waals surface area contributed by atoms with Gasteiger partial charge in [-0.3, -0.25) is 4.79 Å². The van der Waals surface area contributed by atoms with Crippen molar-refractivity contribution in [3.8, 4) is 0 Å². The van der Waals surface area contributed by atoms with Crippen molar-refractivity contribution in [1.82, 2.24) is 4.98 Å². The van der Waals surface area contributed by atoms with E-state index in [0.29, 0.717) is 16.3 Å². The second-order valence-electron chi connectivity index (χ2n) is 7.12. The van der Waals surface area contributed by atoms with Gasteiger partial charge in [-0.05, 0) is 57.2 Å². The van der Waals surface area contributed by atoms with Gasteiger partial charge in [-0.1, -0.05) is 17.7 Å². The van der Waals surface area contributed by atoms with Gasteiger partial charge >= 0.3 is 5.97 Å². The van der Waals surface area contributed by atoms with Gasteiger partial charge in [0.15, 0.2) is 0 Å². The Balaban J connectivity index is 1.49. The number of benzene rings is 2. The molecule has 3 aromatic rings. The molecule has 0 aliphatic heterocycles. The average molecular weight is 438 g/mol. The zero-order valence-corrected chi connectivity index (χ0v) is 18.9. The molecule has 0 radical (unpaired) electrons. The lowest BCUT2D eigenvalue weighted by Crippen LogP contribution is -2.21. The molecule has 1 aromatic heterocycles. The molecule has 6 nitrogen and oxygen atoms in total. The van der Waals surface area contributed by atoms with Crippen LogP contribution >= 0.6 is 11.3 Å². The van der Waals surface area contributed by atoms with Crippen LogP contribution in [0.15, 0.2) is 53.9 Å². The average Bonchev–Trinajstić information content (AvgIpc) is 3.22. The summed E-state index contributed by atoms with van der Waals surface area (Å²) >= 11 is 1.38. The fourth-order valence-corrected chi connectivity index (χ4v) is 3.87. The van der Waals surface area contributed by atoms with Crippen LogP contribution in [0, 0.1) is 6.92 Å². The fourth-order valence-electron chi connectivity index (χ4n) is 3.10. The van der Waals surface area contributed by atoms with Crippen LogP contribution in [0.3, 0.4) is 0 Å². The van der Waals surface area contributed by atoms with Crippen molar-refractivity contribution in [2.75, 3.05) is 23.3 Å². The minimum Gasteiger partial charge on any atom is -0.456 e. The van der Waals surface area contributed by atoms with Gasteiger partial charge in [0.05, 0.1) is 17.7 Å². The molecule has 7 heteroatoms. The van der Waals surface area contributed by atoms with Gasteiger partial charge < -0.3 is 15.0 Å². The number of anilines is 2. The zero-order valence-electron chi connectivity index (χ0n) is 18.1. The molecule has 0 bridgehead atoms. The van der Waals surface area contributed by atoms with Crippen molar-refractivity contribution in [2.24, 2.45) is 0 Å². The van der Waals surface area contributed by atoms with E-state index in [1.807, 2.05) is 48.7 Å². The van der Waals surface area contributed by atoms with E-state index in [2.05, 4.69) is 29.0 Å². The number of hydrogen-bond acceptors (Lipinski definition) is 6. The van der Waals surface area contributed by atoms with E-state index in [-0.39, 0.29) is 18.9 Å². The van der Waals surface area contributed by atoms with Crippen LogP contribution in [0.1, 0.15) is 40.5 Å². The molecule has 1 N–H and O–H groups in total. The molecule has 0 aliphatic rings. The smallest absolute Gasteiger partial charge is 0.338 e. The predicted octanol–water partition coefficient (Wildman–Crippen LogP) is 4.84. The fraction of sp³-hybridized carbons (Fsp3) is 0.292. The molecular weight excluding hydrogens is 410 g/mol. The van der Waals surface area contributed by atoms with Gasteiger partial charge in [0.25, 0.3) is 0 Å². The van der Waals surface area contributed by atoms with E-state index in [1.165, 1.54) is 11.3 Å². The Hall–Kier alpha value is -3.19. The van der Waals surface area contributed by atoms with Crippen LogP contribution in [0.4, 0.5) is 11.4 Å². The number of carbonyl (C=O) groups is 2. The summed E-state index contributed by atoms with van der Waals surface area (Å²) in [5, 5.41) is 5.35. The Labute approximate surface area is 186 Å². The summed E-state index contributed by atoms with van der Waals surface area (Å²) in [6, 6.07) is 15.0. The number of carbonyl (C=O) groups excluding carboxylic acids is 2. The van der Waals surface area contributed by atoms with Gasteiger partial charge in [0.1, 0.15) is 11.6 Å². The molecule has 1 amide bonds. The van der Waals surface area contributed by atoms with Crippen LogP contribution in [0.25, 0.3) is 0 Å². The number of nitrogens with zero attached hydrogens (tertiary/aromatic N) is 2. The largest absolute Gasteiger partial charge is 0.456 e. The minimum atomic E-state index is -0.391. The van der Waals surface area contributed by atoms with Crippen molar-refractivity contribution in [1.29, 1.82) is 0 Å². The first-order chi connectivity index (χ1) is 15.0. The van der Waals surface area contributed by atoms with E-state index in [0.717, 1.165) is 30.0 Å². The van der Waals surface area contributed by atoms with E-state index < -0.39 is 5.97 Å². The molecule has 0 fully saturated rings. The molecule has 0 saturated carbocycles. The summed E-state index contributed by atoms with van der Waals surface area (Å²) in [6.07, 6.45) is 0.180. The van der Waals surface area contributed by atoms with Crippen LogP contribution in [-0.4, -0.2) is 29.9 Å². The highest BCUT2D eigenvalue weighted by atomic mass is 32.1. The molecule has 0 spiro atoms. The van der Waals surface area contributed by atoms with Crippen molar-refractivity contribution < 1.29 is 14.3 Å². The molecule has 162 valence electrons. The molecule has 31 heavy (non-hydrogen) atoms. The maximum absolute atomic E-state index is 12.3. The molecule has 0 aliphatic carbocycles. The zero-order chi connectivity index (χ0) is 22.2. The lowest BCUT2D eigenvalue weighted by Gasteiger charge is -2.20. The monoisotopic (exact) mass is 437 g/mol. The molecule has 3 rings (SSSR count). The number of aryl methyl sites for hydroxylation is 1. The van der Waals surface area contributed by atoms with Gasteiger partial charge in [-0.25, -0.2) is 9.78 Å². The first-order valence-corrected chi connectivity index (χ1v) is 11.2. The summed E-state index contributed by atoms with van der Waals surface area (Å²) in [4.78, 5) is 31.2. The van der Waals surface area contributed by atoms with Crippen LogP contribution in [0.2, 0.25) is 0 Å². The topological polar surface area (TPSA) is 71.5 Å². The standard InChI is InChI=1S/C24H27N3O3S/c1-4-27(5-2)21-12-8-18(9-13-21)24(29)30-15-20-16-31-23(26-20)14-22(28)25-19-10-6-17(3)7-11-19/h6-13,16H,4-5,14-15H2,1-3H3,(H,25,28). The molecule has 0 atom stereocenters. The van der Waals surface area contributed by atoms with Crippen LogP contribution < -0.4 is 10.2 Å². The maximum atomic E-state index is 12.3. The number of amides is 1. The summed E-state index contributed by atoms with van der Waals surface area (Å²) in [5.41, 5.74) is 4.11. The van der Waals surface area contributed by atoms with Crippen molar-refractivity contribution in [3.05, 3.63) is 75.7 Å². The van der Waals surface area contributed by atoms with Crippen LogP contribution in [0.5, 0.6) is 0 Å². The molecule has 1 heterocycles. The maximum Gasteiger partial charge on any atom is 0.338 e. The summed E-state index contributed by atoms with van der Waals surface area (Å²) in [6.45, 7) is 8.09. The highest BCUT2D eigenvalue weighted by molar-refractivity contribution is 7.09. The van der Waals surface area contributed by atoms with Gasteiger partial charge in [0, 0.05) is 29.8 Å². The lowest BCUT2D eigenvalue weighted by atomic mass is 10.2. The van der Waals surface area contributed by atoms with Crippen molar-refractivity contribution in [3.63, 3.8) is 0 Å². The number of rotatable bonds is 9. The number of hydrogen-bond donors (Lipinski definition) is 1. The normalized spacial score (nSPS) is 10.5. The number of aromatic nitrogens is 1. The van der Waals surface area contributed by atoms with Gasteiger partial charge in [-0.15, -0.1) is 11.3 Å². The second-order valence-corrected chi connectivity index (χ2v) is 8.06. The Bertz CT molecular complexity index is 1010. The Kier molecular flexibility index (Phi) is 7.78. The first kappa shape index (κ1) is 22.5. The second kappa shape index (κ2) is 10.7. The molecule has 2 aromatic carbocycles. The lowest BCUT2D eigenvalue weighted by molar-refractivity contribution is -0.115. The highest BCUT2D eigenvalue weighted by Crippen LogP contribution is 2.17. The highest BCUT2D eigenvalue weighted by Gasteiger charge is 2.12. The molecule has 0 unspecified atom stereocenters. The van der Waals surface area contributed by atoms with Gasteiger partial charge in [0.2, 0.25) is 5.91 Å². The van der Waals surface area contributed by atoms with E-state index in [9.17, 15) is 9.59 Å². The molecule has 0 saturated heterocycles. The third-order valence-electron chi connectivity index (χ3n) is 4.83. The molecular formula is C24H27N3O3S. The number of ether oxygens (including phenoxy) is 1. The SMILES string of the molecule is CCN(CC)c1ccc(C(=O)OCc2csc(CC(=O)Nc3ccc(C)cc3)n2)cc1. The predicted molar refractivity (Wildman–Crippen MR) is 125 cm³/mol. The Morgan fingerprint density at radius 3 is 2.35 bits per heavy atom. The third-order valence-corrected chi connectivity index (χ3v) is 5.73. The van der Waals surface area contributed by atoms with Crippen molar-refractivity contribution in [2.45, 2.75) is 33.8 Å². The van der Waals surface area contributed by atoms with E-state index >= 15 is 0 Å². The first-order valence-electron chi connectivity index (χ1n) is 10.3. The summed E-state index contributed by atoms with van der Waals surface area (Å²) in [7, 11) is 0. The van der Waals surface area contributed by atoms with Crippen molar-refractivity contribution >= 4 is 34.6 Å².